The van der Waals surface area contributed by atoms with Crippen molar-refractivity contribution in [3.63, 3.8) is 0 Å². The van der Waals surface area contributed by atoms with Gasteiger partial charge in [0.25, 0.3) is 0 Å². The number of rotatable bonds is 6. The molecular weight excluding hydrogens is 384 g/mol. The van der Waals surface area contributed by atoms with Crippen molar-refractivity contribution in [2.24, 2.45) is 0 Å². The second kappa shape index (κ2) is 9.15. The first-order valence-electron chi connectivity index (χ1n) is 9.74. The molecule has 0 radical (unpaired) electrons. The number of hydrogen-bond acceptors (Lipinski definition) is 6. The number of methoxy groups -OCH3 is 1. The van der Waals surface area contributed by atoms with Crippen molar-refractivity contribution in [3.8, 4) is 17.0 Å². The van der Waals surface area contributed by atoms with Crippen LogP contribution in [0.4, 0.5) is 5.13 Å². The number of likely N-dealkylation sites (tertiary alicyclic amines) is 1. The van der Waals surface area contributed by atoms with Crippen LogP contribution in [0.2, 0.25) is 0 Å². The summed E-state index contributed by atoms with van der Waals surface area (Å²) in [6, 6.07) is 14.2. The van der Waals surface area contributed by atoms with E-state index in [4.69, 9.17) is 9.72 Å². The second-order valence-electron chi connectivity index (χ2n) is 7.14. The van der Waals surface area contributed by atoms with E-state index in [0.29, 0.717) is 17.6 Å². The predicted octanol–water partition coefficient (Wildman–Crippen LogP) is 4.03. The molecule has 1 aliphatic rings. The van der Waals surface area contributed by atoms with Gasteiger partial charge in [-0.1, -0.05) is 6.07 Å². The van der Waals surface area contributed by atoms with Crippen LogP contribution in [-0.4, -0.2) is 47.5 Å². The fourth-order valence-electron chi connectivity index (χ4n) is 3.69. The van der Waals surface area contributed by atoms with Crippen LogP contribution in [0.15, 0.2) is 54.0 Å². The Morgan fingerprint density at radius 3 is 2.90 bits per heavy atom. The van der Waals surface area contributed by atoms with E-state index >= 15 is 0 Å². The van der Waals surface area contributed by atoms with Crippen molar-refractivity contribution in [2.45, 2.75) is 18.8 Å². The van der Waals surface area contributed by atoms with Gasteiger partial charge in [-0.25, -0.2) is 4.98 Å². The third-order valence-corrected chi connectivity index (χ3v) is 5.81. The largest absolute Gasteiger partial charge is 0.497 e. The van der Waals surface area contributed by atoms with Gasteiger partial charge in [-0.15, -0.1) is 11.3 Å². The lowest BCUT2D eigenvalue weighted by Gasteiger charge is -2.32. The van der Waals surface area contributed by atoms with Crippen molar-refractivity contribution in [1.29, 1.82) is 0 Å². The normalized spacial score (nSPS) is 17.1. The summed E-state index contributed by atoms with van der Waals surface area (Å²) in [6.07, 6.45) is 3.84. The lowest BCUT2D eigenvalue weighted by atomic mass is 9.94. The van der Waals surface area contributed by atoms with Gasteiger partial charge in [-0.05, 0) is 55.8 Å². The number of piperidine rings is 1. The van der Waals surface area contributed by atoms with E-state index in [1.54, 1.807) is 13.3 Å². The first-order valence-corrected chi connectivity index (χ1v) is 10.6. The molecule has 2 aromatic heterocycles. The maximum absolute atomic E-state index is 12.3. The summed E-state index contributed by atoms with van der Waals surface area (Å²) in [7, 11) is 1.67. The van der Waals surface area contributed by atoms with E-state index in [2.05, 4.69) is 27.3 Å². The molecule has 6 nitrogen and oxygen atoms in total. The Labute approximate surface area is 174 Å². The number of nitrogens with one attached hydrogen (secondary N) is 1. The number of ether oxygens (including phenoxy) is 1. The lowest BCUT2D eigenvalue weighted by Crippen LogP contribution is -2.40. The molecule has 150 valence electrons. The van der Waals surface area contributed by atoms with Gasteiger partial charge in [0.2, 0.25) is 5.91 Å². The van der Waals surface area contributed by atoms with Gasteiger partial charge in [0.05, 0.1) is 19.3 Å². The molecule has 3 aromatic rings. The van der Waals surface area contributed by atoms with E-state index < -0.39 is 0 Å². The molecule has 1 amide bonds. The lowest BCUT2D eigenvalue weighted by molar-refractivity contribution is -0.117. The number of carbonyl (C=O) groups excluding carboxylic acids is 1. The van der Waals surface area contributed by atoms with Gasteiger partial charge < -0.3 is 10.1 Å². The monoisotopic (exact) mass is 408 g/mol. The van der Waals surface area contributed by atoms with Crippen LogP contribution in [0.1, 0.15) is 24.5 Å². The Morgan fingerprint density at radius 2 is 2.14 bits per heavy atom. The van der Waals surface area contributed by atoms with Crippen LogP contribution in [0.3, 0.4) is 0 Å². The quantitative estimate of drug-likeness (QED) is 0.667. The third kappa shape index (κ3) is 4.99. The maximum Gasteiger partial charge on any atom is 0.240 e. The standard InChI is InChI=1S/C22H24N4O2S/c1-28-18-9-7-16(8-10-18)19-5-2-6-20(24-19)17-4-3-12-26(14-17)15-21(27)25-22-23-11-13-29-22/h2,5-11,13,17H,3-4,12,14-15H2,1H3,(H,23,25,27)/t17-/m1/s1. The van der Waals surface area contributed by atoms with Gasteiger partial charge in [-0.2, -0.15) is 0 Å². The minimum atomic E-state index is -0.0134. The van der Waals surface area contributed by atoms with Gasteiger partial charge in [-0.3, -0.25) is 14.7 Å². The van der Waals surface area contributed by atoms with Crippen molar-refractivity contribution in [1.82, 2.24) is 14.9 Å². The molecule has 29 heavy (non-hydrogen) atoms. The van der Waals surface area contributed by atoms with E-state index in [9.17, 15) is 4.79 Å². The molecule has 1 aromatic carbocycles. The molecule has 0 saturated carbocycles. The summed E-state index contributed by atoms with van der Waals surface area (Å²) >= 11 is 1.43. The molecule has 0 unspecified atom stereocenters. The molecule has 1 aliphatic heterocycles. The van der Waals surface area contributed by atoms with Crippen LogP contribution in [0.25, 0.3) is 11.3 Å². The molecule has 1 fully saturated rings. The zero-order valence-corrected chi connectivity index (χ0v) is 17.2. The SMILES string of the molecule is COc1ccc(-c2cccc([C@@H]3CCCN(CC(=O)Nc4nccs4)C3)n2)cc1. The smallest absolute Gasteiger partial charge is 0.240 e. The predicted molar refractivity (Wildman–Crippen MR) is 115 cm³/mol. The summed E-state index contributed by atoms with van der Waals surface area (Å²) in [6.45, 7) is 2.15. The molecule has 0 aliphatic carbocycles. The van der Waals surface area contributed by atoms with Gasteiger partial charge >= 0.3 is 0 Å². The highest BCUT2D eigenvalue weighted by Gasteiger charge is 2.24. The Balaban J connectivity index is 1.41. The van der Waals surface area contributed by atoms with Crippen molar-refractivity contribution < 1.29 is 9.53 Å². The molecule has 3 heterocycles. The highest BCUT2D eigenvalue weighted by atomic mass is 32.1. The molecule has 1 N–H and O–H groups in total. The minimum absolute atomic E-state index is 0.0134. The van der Waals surface area contributed by atoms with Crippen LogP contribution >= 0.6 is 11.3 Å². The van der Waals surface area contributed by atoms with E-state index in [1.807, 2.05) is 35.7 Å². The number of carbonyl (C=O) groups is 1. The van der Waals surface area contributed by atoms with Gasteiger partial charge in [0.15, 0.2) is 5.13 Å². The molecule has 1 atom stereocenters. The first-order chi connectivity index (χ1) is 14.2. The highest BCUT2D eigenvalue weighted by molar-refractivity contribution is 7.13. The number of aromatic nitrogens is 2. The summed E-state index contributed by atoms with van der Waals surface area (Å²) < 4.78 is 5.24. The molecule has 0 spiro atoms. The summed E-state index contributed by atoms with van der Waals surface area (Å²) in [5, 5.41) is 5.37. The van der Waals surface area contributed by atoms with E-state index in [1.165, 1.54) is 11.3 Å². The summed E-state index contributed by atoms with van der Waals surface area (Å²) in [4.78, 5) is 23.5. The zero-order chi connectivity index (χ0) is 20.1. The van der Waals surface area contributed by atoms with E-state index in [0.717, 1.165) is 48.6 Å². The average Bonchev–Trinajstić information content (AvgIpc) is 3.27. The van der Waals surface area contributed by atoms with Crippen molar-refractivity contribution in [3.05, 3.63) is 59.7 Å². The number of nitrogens with zero attached hydrogens (tertiary/aromatic N) is 3. The number of thiazole rings is 1. The Hall–Kier alpha value is -2.77. The fourth-order valence-corrected chi connectivity index (χ4v) is 4.23. The van der Waals surface area contributed by atoms with Crippen LogP contribution in [0, 0.1) is 0 Å². The minimum Gasteiger partial charge on any atom is -0.497 e. The molecule has 4 rings (SSSR count). The van der Waals surface area contributed by atoms with Crippen LogP contribution in [0.5, 0.6) is 5.75 Å². The van der Waals surface area contributed by atoms with Gasteiger partial charge in [0.1, 0.15) is 5.75 Å². The molecular formula is C22H24N4O2S. The summed E-state index contributed by atoms with van der Waals surface area (Å²) in [5.41, 5.74) is 3.12. The molecule has 7 heteroatoms. The van der Waals surface area contributed by atoms with Crippen LogP contribution in [-0.2, 0) is 4.79 Å². The second-order valence-corrected chi connectivity index (χ2v) is 8.03. The average molecular weight is 409 g/mol. The Bertz CT molecular complexity index is 944. The highest BCUT2D eigenvalue weighted by Crippen LogP contribution is 2.28. The van der Waals surface area contributed by atoms with Crippen LogP contribution < -0.4 is 10.1 Å². The number of benzene rings is 1. The number of anilines is 1. The summed E-state index contributed by atoms with van der Waals surface area (Å²) in [5.74, 6) is 1.15. The Morgan fingerprint density at radius 1 is 1.28 bits per heavy atom. The molecule has 0 bridgehead atoms. The van der Waals surface area contributed by atoms with Crippen molar-refractivity contribution >= 4 is 22.4 Å². The number of amides is 1. The Kier molecular flexibility index (Phi) is 6.17. The number of pyridine rings is 1. The topological polar surface area (TPSA) is 67.3 Å². The zero-order valence-electron chi connectivity index (χ0n) is 16.4. The van der Waals surface area contributed by atoms with E-state index in [-0.39, 0.29) is 5.91 Å². The first kappa shape index (κ1) is 19.5. The molecule has 1 saturated heterocycles. The number of hydrogen-bond donors (Lipinski definition) is 1. The maximum atomic E-state index is 12.3. The van der Waals surface area contributed by atoms with Gasteiger partial charge in [0, 0.05) is 35.3 Å². The fraction of sp³-hybridized carbons (Fsp3) is 0.318. The van der Waals surface area contributed by atoms with Crippen molar-refractivity contribution in [2.75, 3.05) is 32.1 Å². The third-order valence-electron chi connectivity index (χ3n) is 5.13.